The van der Waals surface area contributed by atoms with E-state index in [0.29, 0.717) is 28.0 Å². The van der Waals surface area contributed by atoms with Crippen molar-refractivity contribution in [3.05, 3.63) is 53.4 Å². The second kappa shape index (κ2) is 4.99. The van der Waals surface area contributed by atoms with Gasteiger partial charge in [-0.25, -0.2) is 4.98 Å². The predicted octanol–water partition coefficient (Wildman–Crippen LogP) is 3.67. The minimum absolute atomic E-state index is 0.0815. The summed E-state index contributed by atoms with van der Waals surface area (Å²) in [5.41, 5.74) is 1.68. The number of pyridine rings is 1. The molecule has 5 nitrogen and oxygen atoms in total. The van der Waals surface area contributed by atoms with Gasteiger partial charge >= 0.3 is 0 Å². The van der Waals surface area contributed by atoms with Gasteiger partial charge in [-0.1, -0.05) is 12.1 Å². The van der Waals surface area contributed by atoms with Gasteiger partial charge in [-0.2, -0.15) is 10.5 Å². The van der Waals surface area contributed by atoms with Crippen LogP contribution in [0.15, 0.2) is 40.8 Å². The molecule has 0 aliphatic carbocycles. The molecule has 0 aliphatic rings. The van der Waals surface area contributed by atoms with Crippen LogP contribution in [0.5, 0.6) is 11.6 Å². The lowest BCUT2D eigenvalue weighted by Crippen LogP contribution is -1.92. The summed E-state index contributed by atoms with van der Waals surface area (Å²) in [5, 5.41) is 18.8. The number of furan rings is 1. The quantitative estimate of drug-likeness (QED) is 0.712. The number of para-hydroxylation sites is 1. The van der Waals surface area contributed by atoms with Gasteiger partial charge in [0.05, 0.1) is 17.0 Å². The molecular formula is C16H9N3O2. The Morgan fingerprint density at radius 2 is 1.95 bits per heavy atom. The van der Waals surface area contributed by atoms with E-state index >= 15 is 0 Å². The number of aryl methyl sites for hydroxylation is 1. The van der Waals surface area contributed by atoms with Crippen LogP contribution in [0.2, 0.25) is 0 Å². The van der Waals surface area contributed by atoms with Gasteiger partial charge < -0.3 is 9.15 Å². The molecule has 100 valence electrons. The topological polar surface area (TPSA) is 82.8 Å². The van der Waals surface area contributed by atoms with Gasteiger partial charge in [0.15, 0.2) is 5.75 Å². The van der Waals surface area contributed by atoms with E-state index in [-0.39, 0.29) is 11.6 Å². The molecule has 0 saturated carbocycles. The van der Waals surface area contributed by atoms with Crippen LogP contribution in [0, 0.1) is 29.6 Å². The molecule has 3 rings (SSSR count). The zero-order valence-corrected chi connectivity index (χ0v) is 11.1. The number of ether oxygens (including phenoxy) is 1. The lowest BCUT2D eigenvalue weighted by Gasteiger charge is -2.04. The third kappa shape index (κ3) is 2.29. The lowest BCUT2D eigenvalue weighted by molar-refractivity contribution is 0.449. The maximum atomic E-state index is 9.16. The summed E-state index contributed by atoms with van der Waals surface area (Å²) in [6.45, 7) is 1.77. The van der Waals surface area contributed by atoms with Crippen LogP contribution in [0.1, 0.15) is 17.0 Å². The Morgan fingerprint density at radius 3 is 2.71 bits per heavy atom. The molecule has 0 saturated heterocycles. The molecule has 0 N–H and O–H groups in total. The van der Waals surface area contributed by atoms with Crippen molar-refractivity contribution in [2.45, 2.75) is 6.92 Å². The first-order valence-electron chi connectivity index (χ1n) is 6.19. The average Bonchev–Trinajstić information content (AvgIpc) is 2.85. The van der Waals surface area contributed by atoms with Crippen molar-refractivity contribution in [2.75, 3.05) is 0 Å². The number of benzene rings is 1. The van der Waals surface area contributed by atoms with E-state index in [1.165, 1.54) is 6.07 Å². The van der Waals surface area contributed by atoms with Crippen LogP contribution in [0.25, 0.3) is 11.0 Å². The number of fused-ring (bicyclic) bond motifs is 1. The maximum absolute atomic E-state index is 9.16. The Morgan fingerprint density at radius 1 is 1.14 bits per heavy atom. The molecule has 0 unspecified atom stereocenters. The van der Waals surface area contributed by atoms with E-state index in [9.17, 15) is 0 Å². The zero-order chi connectivity index (χ0) is 14.8. The molecule has 2 heterocycles. The summed E-state index contributed by atoms with van der Waals surface area (Å²) < 4.78 is 11.1. The fourth-order valence-electron chi connectivity index (χ4n) is 2.06. The summed E-state index contributed by atoms with van der Waals surface area (Å²) in [7, 11) is 0. The average molecular weight is 275 g/mol. The summed E-state index contributed by atoms with van der Waals surface area (Å²) >= 11 is 0. The predicted molar refractivity (Wildman–Crippen MR) is 74.7 cm³/mol. The molecule has 0 aliphatic heterocycles. The first-order valence-corrected chi connectivity index (χ1v) is 6.19. The SMILES string of the molecule is Cc1cc(C#N)cc(Oc2c(C#N)oc3ccccc23)n1. The minimum atomic E-state index is 0.0815. The summed E-state index contributed by atoms with van der Waals surface area (Å²) in [4.78, 5) is 4.21. The highest BCUT2D eigenvalue weighted by molar-refractivity contribution is 5.86. The molecule has 1 aromatic carbocycles. The van der Waals surface area contributed by atoms with Crippen molar-refractivity contribution in [1.29, 1.82) is 10.5 Å². The van der Waals surface area contributed by atoms with Crippen molar-refractivity contribution < 1.29 is 9.15 Å². The van der Waals surface area contributed by atoms with Crippen LogP contribution in [0.4, 0.5) is 0 Å². The van der Waals surface area contributed by atoms with Gasteiger partial charge in [0.25, 0.3) is 0 Å². The van der Waals surface area contributed by atoms with Crippen molar-refractivity contribution in [2.24, 2.45) is 0 Å². The number of nitriles is 2. The Hall–Kier alpha value is -3.31. The highest BCUT2D eigenvalue weighted by atomic mass is 16.5. The second-order valence-corrected chi connectivity index (χ2v) is 4.42. The molecule has 0 atom stereocenters. The summed E-state index contributed by atoms with van der Waals surface area (Å²) in [6.07, 6.45) is 0. The third-order valence-corrected chi connectivity index (χ3v) is 2.92. The normalized spacial score (nSPS) is 10.0. The highest BCUT2D eigenvalue weighted by Crippen LogP contribution is 2.35. The molecule has 3 aromatic rings. The van der Waals surface area contributed by atoms with Gasteiger partial charge in [-0.15, -0.1) is 0 Å². The molecule has 0 fully saturated rings. The number of hydrogen-bond acceptors (Lipinski definition) is 5. The van der Waals surface area contributed by atoms with Crippen LogP contribution in [0.3, 0.4) is 0 Å². The van der Waals surface area contributed by atoms with Crippen molar-refractivity contribution in [3.63, 3.8) is 0 Å². The fourth-order valence-corrected chi connectivity index (χ4v) is 2.06. The standard InChI is InChI=1S/C16H9N3O2/c1-10-6-11(8-17)7-15(19-10)21-16-12-4-2-3-5-13(12)20-14(16)9-18/h2-7H,1H3. The number of rotatable bonds is 2. The highest BCUT2D eigenvalue weighted by Gasteiger charge is 2.16. The smallest absolute Gasteiger partial charge is 0.247 e. The molecular weight excluding hydrogens is 266 g/mol. The monoisotopic (exact) mass is 275 g/mol. The van der Waals surface area contributed by atoms with E-state index in [1.54, 1.807) is 25.1 Å². The Kier molecular flexibility index (Phi) is 3.02. The van der Waals surface area contributed by atoms with Gasteiger partial charge in [0, 0.05) is 11.8 Å². The molecule has 2 aromatic heterocycles. The van der Waals surface area contributed by atoms with Crippen molar-refractivity contribution in [3.8, 4) is 23.8 Å². The molecule has 0 amide bonds. The van der Waals surface area contributed by atoms with Gasteiger partial charge in [0.1, 0.15) is 11.7 Å². The Bertz CT molecular complexity index is 913. The first-order chi connectivity index (χ1) is 10.2. The fraction of sp³-hybridized carbons (Fsp3) is 0.0625. The molecule has 0 radical (unpaired) electrons. The van der Waals surface area contributed by atoms with Crippen molar-refractivity contribution in [1.82, 2.24) is 4.98 Å². The van der Waals surface area contributed by atoms with E-state index < -0.39 is 0 Å². The lowest BCUT2D eigenvalue weighted by atomic mass is 10.2. The van der Waals surface area contributed by atoms with Gasteiger partial charge in [-0.05, 0) is 25.1 Å². The first kappa shape index (κ1) is 12.7. The zero-order valence-electron chi connectivity index (χ0n) is 11.1. The molecule has 0 bridgehead atoms. The molecule has 21 heavy (non-hydrogen) atoms. The third-order valence-electron chi connectivity index (χ3n) is 2.92. The van der Waals surface area contributed by atoms with Crippen LogP contribution < -0.4 is 4.74 Å². The number of nitrogens with zero attached hydrogens (tertiary/aromatic N) is 3. The Balaban J connectivity index is 2.12. The Labute approximate surface area is 120 Å². The summed E-state index contributed by atoms with van der Waals surface area (Å²) in [6, 6.07) is 14.4. The number of aromatic nitrogens is 1. The number of hydrogen-bond donors (Lipinski definition) is 0. The summed E-state index contributed by atoms with van der Waals surface area (Å²) in [5.74, 6) is 0.655. The molecule has 0 spiro atoms. The van der Waals surface area contributed by atoms with Crippen LogP contribution in [-0.4, -0.2) is 4.98 Å². The van der Waals surface area contributed by atoms with E-state index in [1.807, 2.05) is 24.3 Å². The van der Waals surface area contributed by atoms with E-state index in [0.717, 1.165) is 0 Å². The largest absolute Gasteiger partial charge is 0.442 e. The van der Waals surface area contributed by atoms with Gasteiger partial charge in [-0.3, -0.25) is 0 Å². The minimum Gasteiger partial charge on any atom is -0.442 e. The van der Waals surface area contributed by atoms with Crippen molar-refractivity contribution >= 4 is 11.0 Å². The van der Waals surface area contributed by atoms with E-state index in [2.05, 4.69) is 4.98 Å². The maximum Gasteiger partial charge on any atom is 0.247 e. The van der Waals surface area contributed by atoms with Gasteiger partial charge in [0.2, 0.25) is 11.6 Å². The van der Waals surface area contributed by atoms with Crippen LogP contribution in [-0.2, 0) is 0 Å². The second-order valence-electron chi connectivity index (χ2n) is 4.42. The van der Waals surface area contributed by atoms with Crippen LogP contribution >= 0.6 is 0 Å². The molecule has 5 heteroatoms. The van der Waals surface area contributed by atoms with E-state index in [4.69, 9.17) is 19.7 Å².